The molecule has 0 spiro atoms. The number of carbonyl (C=O) groups is 2. The molecule has 5 nitrogen and oxygen atoms in total. The SMILES string of the molecule is Cc1cc(Cl)ccc1-c1cccc([C@H](O)CCC2CCC(=O)N2CCCCCCC(=O)O)c1. The molecule has 1 saturated heterocycles. The number of nitrogens with zero attached hydrogens (tertiary/aromatic N) is 1. The molecular formula is C27H34ClNO4. The van der Waals surface area contributed by atoms with Crippen LogP contribution in [0.1, 0.15) is 75.0 Å². The molecule has 0 radical (unpaired) electrons. The summed E-state index contributed by atoms with van der Waals surface area (Å²) in [6.07, 6.45) is 5.82. The standard InChI is InChI=1S/C27H34ClNO4/c1-19-17-22(28)10-13-24(19)20-7-6-8-21(18-20)25(30)14-11-23-12-15-26(31)29(23)16-5-3-2-4-9-27(32)33/h6-8,10,13,17-18,23,25,30H,2-5,9,11-12,14-16H2,1H3,(H,32,33)/t23?,25-/m1/s1. The van der Waals surface area contributed by atoms with Crippen LogP contribution in [0.25, 0.3) is 11.1 Å². The zero-order valence-electron chi connectivity index (χ0n) is 19.3. The molecule has 3 rings (SSSR count). The second-order valence-corrected chi connectivity index (χ2v) is 9.45. The normalized spacial score (nSPS) is 16.9. The average molecular weight is 472 g/mol. The minimum Gasteiger partial charge on any atom is -0.481 e. The van der Waals surface area contributed by atoms with Gasteiger partial charge in [-0.1, -0.05) is 48.7 Å². The summed E-state index contributed by atoms with van der Waals surface area (Å²) in [5.74, 6) is -0.558. The quantitative estimate of drug-likeness (QED) is 0.363. The van der Waals surface area contributed by atoms with Crippen LogP contribution >= 0.6 is 11.6 Å². The van der Waals surface area contributed by atoms with E-state index >= 15 is 0 Å². The number of aliphatic hydroxyl groups excluding tert-OH is 1. The molecule has 2 N–H and O–H groups in total. The van der Waals surface area contributed by atoms with Crippen LogP contribution in [-0.4, -0.2) is 39.6 Å². The van der Waals surface area contributed by atoms with Crippen LogP contribution in [0.15, 0.2) is 42.5 Å². The summed E-state index contributed by atoms with van der Waals surface area (Å²) in [7, 11) is 0. The predicted octanol–water partition coefficient (Wildman–Crippen LogP) is 6.16. The van der Waals surface area contributed by atoms with Gasteiger partial charge in [-0.15, -0.1) is 0 Å². The molecule has 33 heavy (non-hydrogen) atoms. The number of carboxylic acids is 1. The first kappa shape index (κ1) is 25.3. The van der Waals surface area contributed by atoms with Gasteiger partial charge >= 0.3 is 5.97 Å². The Balaban J connectivity index is 1.52. The van der Waals surface area contributed by atoms with Gasteiger partial charge in [0, 0.05) is 30.5 Å². The fraction of sp³-hybridized carbons (Fsp3) is 0.481. The van der Waals surface area contributed by atoms with Crippen molar-refractivity contribution in [3.05, 3.63) is 58.6 Å². The van der Waals surface area contributed by atoms with Crippen molar-refractivity contribution in [3.63, 3.8) is 0 Å². The average Bonchev–Trinajstić information content (AvgIpc) is 3.13. The third-order valence-corrected chi connectivity index (χ3v) is 6.77. The molecule has 1 aliphatic rings. The van der Waals surface area contributed by atoms with E-state index in [1.165, 1.54) is 0 Å². The number of amides is 1. The Kier molecular flexibility index (Phi) is 9.33. The predicted molar refractivity (Wildman–Crippen MR) is 131 cm³/mol. The minimum absolute atomic E-state index is 0.174. The number of carbonyl (C=O) groups excluding carboxylic acids is 1. The van der Waals surface area contributed by atoms with Gasteiger partial charge in [-0.3, -0.25) is 9.59 Å². The summed E-state index contributed by atoms with van der Waals surface area (Å²) < 4.78 is 0. The smallest absolute Gasteiger partial charge is 0.303 e. The van der Waals surface area contributed by atoms with Gasteiger partial charge < -0.3 is 15.1 Å². The summed E-state index contributed by atoms with van der Waals surface area (Å²) in [5, 5.41) is 20.3. The van der Waals surface area contributed by atoms with Crippen LogP contribution in [0.2, 0.25) is 5.02 Å². The van der Waals surface area contributed by atoms with Crippen LogP contribution in [0.5, 0.6) is 0 Å². The second-order valence-electron chi connectivity index (χ2n) is 9.02. The number of likely N-dealkylation sites (tertiary alicyclic amines) is 1. The first-order valence-electron chi connectivity index (χ1n) is 11.9. The van der Waals surface area contributed by atoms with E-state index in [0.717, 1.165) is 60.9 Å². The van der Waals surface area contributed by atoms with Crippen LogP contribution < -0.4 is 0 Å². The number of halogens is 1. The van der Waals surface area contributed by atoms with E-state index < -0.39 is 12.1 Å². The fourth-order valence-electron chi connectivity index (χ4n) is 4.69. The molecule has 1 heterocycles. The number of hydrogen-bond acceptors (Lipinski definition) is 3. The Hall–Kier alpha value is -2.37. The van der Waals surface area contributed by atoms with E-state index in [-0.39, 0.29) is 18.4 Å². The lowest BCUT2D eigenvalue weighted by Crippen LogP contribution is -2.34. The highest BCUT2D eigenvalue weighted by molar-refractivity contribution is 6.30. The number of hydrogen-bond donors (Lipinski definition) is 2. The molecular weight excluding hydrogens is 438 g/mol. The van der Waals surface area contributed by atoms with Crippen molar-refractivity contribution in [1.82, 2.24) is 4.90 Å². The van der Waals surface area contributed by atoms with Crippen molar-refractivity contribution in [2.24, 2.45) is 0 Å². The monoisotopic (exact) mass is 471 g/mol. The summed E-state index contributed by atoms with van der Waals surface area (Å²) >= 11 is 6.09. The third kappa shape index (κ3) is 7.31. The van der Waals surface area contributed by atoms with E-state index in [2.05, 4.69) is 0 Å². The Morgan fingerprint density at radius 2 is 1.94 bits per heavy atom. The molecule has 1 fully saturated rings. The van der Waals surface area contributed by atoms with Crippen molar-refractivity contribution in [2.75, 3.05) is 6.54 Å². The van der Waals surface area contributed by atoms with Gasteiger partial charge in [-0.05, 0) is 79.5 Å². The zero-order chi connectivity index (χ0) is 23.8. The molecule has 178 valence electrons. The van der Waals surface area contributed by atoms with Crippen LogP contribution in [0.3, 0.4) is 0 Å². The number of rotatable bonds is 12. The molecule has 6 heteroatoms. The molecule has 2 atom stereocenters. The van der Waals surface area contributed by atoms with Gasteiger partial charge in [0.05, 0.1) is 6.10 Å². The fourth-order valence-corrected chi connectivity index (χ4v) is 4.92. The Morgan fingerprint density at radius 3 is 2.70 bits per heavy atom. The number of benzene rings is 2. The Bertz CT molecular complexity index is 961. The lowest BCUT2D eigenvalue weighted by atomic mass is 9.95. The first-order valence-corrected chi connectivity index (χ1v) is 12.3. The molecule has 0 aliphatic carbocycles. The Morgan fingerprint density at radius 1 is 1.15 bits per heavy atom. The first-order chi connectivity index (χ1) is 15.8. The van der Waals surface area contributed by atoms with Gasteiger partial charge in [-0.2, -0.15) is 0 Å². The van der Waals surface area contributed by atoms with Crippen molar-refractivity contribution in [1.29, 1.82) is 0 Å². The lowest BCUT2D eigenvalue weighted by molar-refractivity contribution is -0.137. The van der Waals surface area contributed by atoms with Crippen molar-refractivity contribution >= 4 is 23.5 Å². The van der Waals surface area contributed by atoms with Crippen molar-refractivity contribution < 1.29 is 19.8 Å². The molecule has 0 saturated carbocycles. The minimum atomic E-state index is -0.753. The molecule has 1 aliphatic heterocycles. The van der Waals surface area contributed by atoms with E-state index in [1.807, 2.05) is 54.3 Å². The summed E-state index contributed by atoms with van der Waals surface area (Å²) in [6, 6.07) is 14.0. The molecule has 1 amide bonds. The Labute approximate surface area is 201 Å². The van der Waals surface area contributed by atoms with E-state index in [9.17, 15) is 14.7 Å². The topological polar surface area (TPSA) is 77.8 Å². The third-order valence-electron chi connectivity index (χ3n) is 6.54. The van der Waals surface area contributed by atoms with Gasteiger partial charge in [-0.25, -0.2) is 0 Å². The number of unbranched alkanes of at least 4 members (excludes halogenated alkanes) is 3. The lowest BCUT2D eigenvalue weighted by Gasteiger charge is -2.26. The number of carboxylic acid groups (broad SMARTS) is 1. The van der Waals surface area contributed by atoms with E-state index in [1.54, 1.807) is 0 Å². The maximum atomic E-state index is 12.3. The number of aliphatic hydroxyl groups is 1. The molecule has 0 aromatic heterocycles. The van der Waals surface area contributed by atoms with Crippen molar-refractivity contribution in [2.45, 2.75) is 76.9 Å². The maximum Gasteiger partial charge on any atom is 0.303 e. The molecule has 1 unspecified atom stereocenters. The molecule has 2 aromatic rings. The molecule has 2 aromatic carbocycles. The highest BCUT2D eigenvalue weighted by Gasteiger charge is 2.30. The molecule has 0 bridgehead atoms. The summed E-state index contributed by atoms with van der Waals surface area (Å²) in [4.78, 5) is 24.9. The second kappa shape index (κ2) is 12.2. The van der Waals surface area contributed by atoms with Gasteiger partial charge in [0.2, 0.25) is 5.91 Å². The van der Waals surface area contributed by atoms with E-state index in [0.29, 0.717) is 24.3 Å². The van der Waals surface area contributed by atoms with E-state index in [4.69, 9.17) is 16.7 Å². The van der Waals surface area contributed by atoms with Crippen molar-refractivity contribution in [3.8, 4) is 11.1 Å². The van der Waals surface area contributed by atoms with Crippen LogP contribution in [-0.2, 0) is 9.59 Å². The summed E-state index contributed by atoms with van der Waals surface area (Å²) in [5.41, 5.74) is 4.14. The van der Waals surface area contributed by atoms with Gasteiger partial charge in [0.1, 0.15) is 0 Å². The zero-order valence-corrected chi connectivity index (χ0v) is 20.1. The summed E-state index contributed by atoms with van der Waals surface area (Å²) in [6.45, 7) is 2.75. The largest absolute Gasteiger partial charge is 0.481 e. The van der Waals surface area contributed by atoms with Crippen LogP contribution in [0, 0.1) is 6.92 Å². The maximum absolute atomic E-state index is 12.3. The number of aryl methyl sites for hydroxylation is 1. The van der Waals surface area contributed by atoms with Crippen LogP contribution in [0.4, 0.5) is 0 Å². The van der Waals surface area contributed by atoms with Gasteiger partial charge in [0.25, 0.3) is 0 Å². The van der Waals surface area contributed by atoms with Gasteiger partial charge in [0.15, 0.2) is 0 Å². The number of aliphatic carboxylic acids is 1. The highest BCUT2D eigenvalue weighted by atomic mass is 35.5. The highest BCUT2D eigenvalue weighted by Crippen LogP contribution is 2.31.